The third-order valence-electron chi connectivity index (χ3n) is 2.97. The van der Waals surface area contributed by atoms with Crippen molar-refractivity contribution < 1.29 is 13.9 Å². The summed E-state index contributed by atoms with van der Waals surface area (Å²) >= 11 is 7.29. The molecule has 0 atom stereocenters. The summed E-state index contributed by atoms with van der Waals surface area (Å²) in [7, 11) is 0. The molecular weight excluding hydrogens is 336 g/mol. The van der Waals surface area contributed by atoms with E-state index in [1.807, 2.05) is 19.1 Å². The molecule has 0 N–H and O–H groups in total. The van der Waals surface area contributed by atoms with Crippen molar-refractivity contribution in [1.82, 2.24) is 9.97 Å². The molecular formula is C16H13ClN2O3S. The molecule has 0 aliphatic carbocycles. The molecule has 0 radical (unpaired) electrons. The van der Waals surface area contributed by atoms with Crippen molar-refractivity contribution in [3.05, 3.63) is 41.0 Å². The highest BCUT2D eigenvalue weighted by Crippen LogP contribution is 2.37. The molecule has 23 heavy (non-hydrogen) atoms. The number of thiophene rings is 1. The van der Waals surface area contributed by atoms with Crippen LogP contribution in [-0.2, 0) is 4.79 Å². The van der Waals surface area contributed by atoms with Gasteiger partial charge in [-0.2, -0.15) is 4.98 Å². The Hall–Kier alpha value is -2.18. The molecule has 0 amide bonds. The van der Waals surface area contributed by atoms with E-state index in [0.29, 0.717) is 34.4 Å². The van der Waals surface area contributed by atoms with Crippen LogP contribution in [0.25, 0.3) is 22.1 Å². The van der Waals surface area contributed by atoms with Gasteiger partial charge in [-0.25, -0.2) is 0 Å². The van der Waals surface area contributed by atoms with Crippen LogP contribution < -0.4 is 4.74 Å². The number of esters is 1. The first kappa shape index (κ1) is 15.7. The Kier molecular flexibility index (Phi) is 4.73. The summed E-state index contributed by atoms with van der Waals surface area (Å²) in [6.45, 7) is 1.91. The van der Waals surface area contributed by atoms with Crippen LogP contribution in [0.3, 0.4) is 0 Å². The third kappa shape index (κ3) is 3.60. The van der Waals surface area contributed by atoms with Crippen LogP contribution in [0, 0.1) is 0 Å². The van der Waals surface area contributed by atoms with E-state index in [0.717, 1.165) is 4.88 Å². The van der Waals surface area contributed by atoms with Gasteiger partial charge in [-0.1, -0.05) is 18.5 Å². The van der Waals surface area contributed by atoms with Gasteiger partial charge in [0, 0.05) is 24.4 Å². The number of hydrogen-bond acceptors (Lipinski definition) is 6. The van der Waals surface area contributed by atoms with Gasteiger partial charge in [0.25, 0.3) is 5.88 Å². The van der Waals surface area contributed by atoms with Gasteiger partial charge in [-0.15, -0.1) is 11.3 Å². The van der Waals surface area contributed by atoms with Crippen molar-refractivity contribution in [2.24, 2.45) is 0 Å². The van der Waals surface area contributed by atoms with E-state index >= 15 is 0 Å². The highest BCUT2D eigenvalue weighted by Gasteiger charge is 2.21. The molecule has 3 aromatic heterocycles. The molecule has 7 heteroatoms. The van der Waals surface area contributed by atoms with Gasteiger partial charge in [0.2, 0.25) is 11.7 Å². The summed E-state index contributed by atoms with van der Waals surface area (Å²) < 4.78 is 11.8. The lowest BCUT2D eigenvalue weighted by molar-refractivity contribution is -0.134. The first-order chi connectivity index (χ1) is 11.2. The van der Waals surface area contributed by atoms with Crippen molar-refractivity contribution >= 4 is 28.9 Å². The molecule has 5 nitrogen and oxygen atoms in total. The fraction of sp³-hybridized carbons (Fsp3) is 0.188. The van der Waals surface area contributed by atoms with Crippen molar-refractivity contribution in [2.75, 3.05) is 0 Å². The second-order valence-corrected chi connectivity index (χ2v) is 6.44. The van der Waals surface area contributed by atoms with E-state index in [-0.39, 0.29) is 11.8 Å². The van der Waals surface area contributed by atoms with Gasteiger partial charge < -0.3 is 9.15 Å². The lowest BCUT2D eigenvalue weighted by Crippen LogP contribution is -2.07. The highest BCUT2D eigenvalue weighted by atomic mass is 35.5. The van der Waals surface area contributed by atoms with E-state index in [1.165, 1.54) is 11.3 Å². The van der Waals surface area contributed by atoms with E-state index in [2.05, 4.69) is 9.97 Å². The first-order valence-corrected chi connectivity index (χ1v) is 8.24. The van der Waals surface area contributed by atoms with Crippen LogP contribution in [0.5, 0.6) is 5.88 Å². The minimum atomic E-state index is -0.346. The lowest BCUT2D eigenvalue weighted by atomic mass is 10.2. The van der Waals surface area contributed by atoms with Crippen molar-refractivity contribution in [3.63, 3.8) is 0 Å². The Balaban J connectivity index is 2.01. The van der Waals surface area contributed by atoms with Gasteiger partial charge >= 0.3 is 5.97 Å². The van der Waals surface area contributed by atoms with Crippen LogP contribution in [-0.4, -0.2) is 15.9 Å². The second kappa shape index (κ2) is 6.93. The number of pyridine rings is 1. The maximum absolute atomic E-state index is 11.8. The zero-order valence-corrected chi connectivity index (χ0v) is 13.9. The van der Waals surface area contributed by atoms with Crippen LogP contribution in [0.15, 0.2) is 41.1 Å². The summed E-state index contributed by atoms with van der Waals surface area (Å²) in [6.07, 6.45) is 4.30. The van der Waals surface area contributed by atoms with Gasteiger partial charge in [0.05, 0.1) is 9.21 Å². The molecule has 0 aliphatic heterocycles. The molecule has 0 bridgehead atoms. The minimum Gasteiger partial charge on any atom is -0.431 e. The monoisotopic (exact) mass is 348 g/mol. The predicted octanol–water partition coefficient (Wildman–Crippen LogP) is 4.82. The van der Waals surface area contributed by atoms with E-state index in [1.54, 1.807) is 24.5 Å². The van der Waals surface area contributed by atoms with Crippen LogP contribution in [0.1, 0.15) is 19.8 Å². The zero-order chi connectivity index (χ0) is 16.2. The average Bonchev–Trinajstić information content (AvgIpc) is 3.15. The molecule has 0 aromatic carbocycles. The number of aromatic nitrogens is 2. The molecule has 0 saturated carbocycles. The summed E-state index contributed by atoms with van der Waals surface area (Å²) in [5, 5.41) is 0. The van der Waals surface area contributed by atoms with Gasteiger partial charge in [0.1, 0.15) is 0 Å². The number of hydrogen-bond donors (Lipinski definition) is 0. The molecule has 0 spiro atoms. The minimum absolute atomic E-state index is 0.149. The average molecular weight is 349 g/mol. The van der Waals surface area contributed by atoms with Crippen molar-refractivity contribution in [3.8, 4) is 28.0 Å². The quantitative estimate of drug-likeness (QED) is 0.618. The molecule has 0 saturated heterocycles. The van der Waals surface area contributed by atoms with Crippen LogP contribution in [0.2, 0.25) is 4.34 Å². The number of carbonyl (C=O) groups excluding carboxylic acids is 1. The summed E-state index contributed by atoms with van der Waals surface area (Å²) in [5.41, 5.74) is 0.688. The Morgan fingerprint density at radius 1 is 1.39 bits per heavy atom. The van der Waals surface area contributed by atoms with Crippen LogP contribution in [0.4, 0.5) is 0 Å². The molecule has 3 heterocycles. The van der Waals surface area contributed by atoms with E-state index in [9.17, 15) is 4.79 Å². The first-order valence-electron chi connectivity index (χ1n) is 7.05. The largest absolute Gasteiger partial charge is 0.431 e. The molecule has 0 unspecified atom stereocenters. The number of ether oxygens (including phenoxy) is 1. The fourth-order valence-electron chi connectivity index (χ4n) is 1.95. The summed E-state index contributed by atoms with van der Waals surface area (Å²) in [4.78, 5) is 20.9. The van der Waals surface area contributed by atoms with E-state index in [4.69, 9.17) is 20.8 Å². The number of carbonyl (C=O) groups is 1. The molecule has 0 aliphatic rings. The number of halogens is 1. The topological polar surface area (TPSA) is 65.2 Å². The Morgan fingerprint density at radius 3 is 2.91 bits per heavy atom. The maximum Gasteiger partial charge on any atom is 0.312 e. The molecule has 3 aromatic rings. The van der Waals surface area contributed by atoms with E-state index < -0.39 is 0 Å². The second-order valence-electron chi connectivity index (χ2n) is 4.72. The number of nitrogens with zero attached hydrogens (tertiary/aromatic N) is 2. The molecule has 0 fully saturated rings. The highest BCUT2D eigenvalue weighted by molar-refractivity contribution is 7.19. The van der Waals surface area contributed by atoms with Gasteiger partial charge in [-0.05, 0) is 30.7 Å². The SMILES string of the molecule is CCCC(=O)Oc1nc(-c2ccc(Cl)s2)oc1-c1cccnc1. The van der Waals surface area contributed by atoms with Crippen LogP contribution >= 0.6 is 22.9 Å². The van der Waals surface area contributed by atoms with Gasteiger partial charge in [0.15, 0.2) is 0 Å². The summed E-state index contributed by atoms with van der Waals surface area (Å²) in [5.74, 6) is 0.541. The standard InChI is InChI=1S/C16H13ClN2O3S/c1-2-4-13(20)21-16-14(10-5-3-8-18-9-10)22-15(19-16)11-6-7-12(17)23-11/h3,5-9H,2,4H2,1H3. The Morgan fingerprint density at radius 2 is 2.26 bits per heavy atom. The lowest BCUT2D eigenvalue weighted by Gasteiger charge is -2.01. The van der Waals surface area contributed by atoms with Crippen molar-refractivity contribution in [1.29, 1.82) is 0 Å². The fourth-order valence-corrected chi connectivity index (χ4v) is 2.92. The number of rotatable bonds is 5. The Labute approximate surface area is 141 Å². The normalized spacial score (nSPS) is 10.7. The zero-order valence-electron chi connectivity index (χ0n) is 12.3. The van der Waals surface area contributed by atoms with Crippen molar-refractivity contribution in [2.45, 2.75) is 19.8 Å². The maximum atomic E-state index is 11.8. The predicted molar refractivity (Wildman–Crippen MR) is 88.6 cm³/mol. The Bertz CT molecular complexity index is 814. The smallest absolute Gasteiger partial charge is 0.312 e. The third-order valence-corrected chi connectivity index (χ3v) is 4.19. The van der Waals surface area contributed by atoms with Gasteiger partial charge in [-0.3, -0.25) is 9.78 Å². The summed E-state index contributed by atoms with van der Waals surface area (Å²) in [6, 6.07) is 7.16. The number of oxazole rings is 1. The molecule has 3 rings (SSSR count). The molecule has 118 valence electrons.